The highest BCUT2D eigenvalue weighted by atomic mass is 15.2. The largest absolute Gasteiger partial charge is 0.547 e. The first-order chi connectivity index (χ1) is 10.6. The number of aryl methyl sites for hydroxylation is 1. The number of fused-ring (bicyclic) bond motifs is 3. The number of benzene rings is 1. The molecular formula is C18H26BN3+. The van der Waals surface area contributed by atoms with Gasteiger partial charge in [0.25, 0.3) is 5.82 Å². The normalized spacial score (nSPS) is 12.9. The molecule has 1 aliphatic rings. The summed E-state index contributed by atoms with van der Waals surface area (Å²) in [6.45, 7) is 9.93. The van der Waals surface area contributed by atoms with E-state index in [1.165, 1.54) is 46.9 Å². The van der Waals surface area contributed by atoms with Gasteiger partial charge in [0.05, 0.1) is 12.6 Å². The van der Waals surface area contributed by atoms with Crippen molar-refractivity contribution >= 4 is 13.2 Å². The summed E-state index contributed by atoms with van der Waals surface area (Å²) in [5.41, 5.74) is 6.88. The van der Waals surface area contributed by atoms with Crippen molar-refractivity contribution in [2.75, 3.05) is 11.4 Å². The fourth-order valence-corrected chi connectivity index (χ4v) is 3.59. The van der Waals surface area contributed by atoms with Crippen molar-refractivity contribution in [1.82, 2.24) is 4.48 Å². The molecule has 1 aliphatic heterocycles. The van der Waals surface area contributed by atoms with Gasteiger partial charge in [0, 0.05) is 18.7 Å². The maximum absolute atomic E-state index is 2.40. The minimum absolute atomic E-state index is 0.988. The molecule has 3 nitrogen and oxygen atoms in total. The van der Waals surface area contributed by atoms with Gasteiger partial charge >= 0.3 is 7.55 Å². The fraction of sp³-hybridized carbons (Fsp3) is 0.500. The SMILES string of the molecule is CCCCc1c(C)n2c([n+]1C)-c1c(C)cccc1N(CC)[B]2. The Morgan fingerprint density at radius 3 is 2.64 bits per heavy atom. The third-order valence-corrected chi connectivity index (χ3v) is 4.88. The molecular weight excluding hydrogens is 269 g/mol. The quantitative estimate of drug-likeness (QED) is 0.623. The zero-order chi connectivity index (χ0) is 15.9. The molecule has 0 saturated heterocycles. The lowest BCUT2D eigenvalue weighted by molar-refractivity contribution is -0.667. The van der Waals surface area contributed by atoms with E-state index in [1.54, 1.807) is 0 Å². The highest BCUT2D eigenvalue weighted by molar-refractivity contribution is 6.42. The van der Waals surface area contributed by atoms with Crippen LogP contribution in [0.5, 0.6) is 0 Å². The Hall–Kier alpha value is -1.71. The number of anilines is 1. The van der Waals surface area contributed by atoms with Gasteiger partial charge in [0.1, 0.15) is 11.4 Å². The smallest absolute Gasteiger partial charge is 0.375 e. The molecule has 0 aliphatic carbocycles. The Morgan fingerprint density at radius 1 is 1.18 bits per heavy atom. The van der Waals surface area contributed by atoms with E-state index in [9.17, 15) is 0 Å². The van der Waals surface area contributed by atoms with E-state index in [2.05, 4.69) is 74.3 Å². The van der Waals surface area contributed by atoms with Crippen molar-refractivity contribution in [1.29, 1.82) is 0 Å². The first-order valence-electron chi connectivity index (χ1n) is 8.41. The third-order valence-electron chi connectivity index (χ3n) is 4.88. The van der Waals surface area contributed by atoms with Gasteiger partial charge in [-0.05, 0) is 38.8 Å². The van der Waals surface area contributed by atoms with Gasteiger partial charge < -0.3 is 4.81 Å². The second kappa shape index (κ2) is 5.83. The summed E-state index contributed by atoms with van der Waals surface area (Å²) in [5, 5.41) is 0. The van der Waals surface area contributed by atoms with Crippen LogP contribution in [0, 0.1) is 13.8 Å². The summed E-state index contributed by atoms with van der Waals surface area (Å²) in [6, 6.07) is 6.62. The van der Waals surface area contributed by atoms with Crippen molar-refractivity contribution in [3.8, 4) is 11.4 Å². The molecule has 0 unspecified atom stereocenters. The van der Waals surface area contributed by atoms with Crippen LogP contribution in [0.1, 0.15) is 43.6 Å². The number of unbranched alkanes of at least 4 members (excludes halogenated alkanes) is 1. The van der Waals surface area contributed by atoms with Crippen LogP contribution in [-0.2, 0) is 13.5 Å². The van der Waals surface area contributed by atoms with Crippen LogP contribution in [0.2, 0.25) is 0 Å². The third kappa shape index (κ3) is 2.16. The highest BCUT2D eigenvalue weighted by Gasteiger charge is 2.36. The molecule has 3 rings (SSSR count). The molecule has 1 radical (unpaired) electrons. The van der Waals surface area contributed by atoms with Crippen molar-refractivity contribution in [2.45, 2.75) is 47.0 Å². The van der Waals surface area contributed by atoms with Crippen molar-refractivity contribution < 1.29 is 4.57 Å². The van der Waals surface area contributed by atoms with Gasteiger partial charge in [0.15, 0.2) is 0 Å². The van der Waals surface area contributed by atoms with Crippen LogP contribution >= 0.6 is 0 Å². The van der Waals surface area contributed by atoms with Crippen LogP contribution in [0.25, 0.3) is 11.4 Å². The van der Waals surface area contributed by atoms with Gasteiger partial charge in [-0.25, -0.2) is 4.57 Å². The molecule has 0 fully saturated rings. The first-order valence-corrected chi connectivity index (χ1v) is 8.41. The number of nitrogens with zero attached hydrogens (tertiary/aromatic N) is 3. The number of aromatic nitrogens is 2. The molecule has 1 aromatic carbocycles. The van der Waals surface area contributed by atoms with Crippen LogP contribution in [0.15, 0.2) is 18.2 Å². The zero-order valence-corrected chi connectivity index (χ0v) is 14.5. The van der Waals surface area contributed by atoms with E-state index >= 15 is 0 Å². The standard InChI is InChI=1S/C18H26BN3/c1-6-8-11-15-14(4)22-18(20(15)5)17-13(3)10-9-12-16(17)21(7-2)19-22/h9-10,12H,6-8,11H2,1-5H3/q+1. The molecule has 0 amide bonds. The monoisotopic (exact) mass is 295 g/mol. The average molecular weight is 295 g/mol. The molecule has 4 heteroatoms. The lowest BCUT2D eigenvalue weighted by Crippen LogP contribution is -2.41. The maximum atomic E-state index is 2.40. The van der Waals surface area contributed by atoms with E-state index in [0.29, 0.717) is 0 Å². The van der Waals surface area contributed by atoms with Crippen molar-refractivity contribution in [2.24, 2.45) is 7.05 Å². The lowest BCUT2D eigenvalue weighted by Gasteiger charge is -2.27. The van der Waals surface area contributed by atoms with Crippen LogP contribution < -0.4 is 9.38 Å². The van der Waals surface area contributed by atoms with Crippen LogP contribution in [0.4, 0.5) is 5.69 Å². The number of imidazole rings is 1. The van der Waals surface area contributed by atoms with E-state index in [0.717, 1.165) is 13.0 Å². The molecule has 0 atom stereocenters. The van der Waals surface area contributed by atoms with E-state index < -0.39 is 0 Å². The molecule has 115 valence electrons. The predicted octanol–water partition coefficient (Wildman–Crippen LogP) is 3.16. The molecule has 0 spiro atoms. The van der Waals surface area contributed by atoms with Gasteiger partial charge in [-0.15, -0.1) is 0 Å². The van der Waals surface area contributed by atoms with Crippen LogP contribution in [0.3, 0.4) is 0 Å². The summed E-state index contributed by atoms with van der Waals surface area (Å²) in [6.07, 6.45) is 3.64. The first kappa shape index (κ1) is 15.2. The summed E-state index contributed by atoms with van der Waals surface area (Å²) >= 11 is 0. The molecule has 22 heavy (non-hydrogen) atoms. The topological polar surface area (TPSA) is 12.0 Å². The molecule has 2 aromatic rings. The Kier molecular flexibility index (Phi) is 4.03. The molecule has 1 aromatic heterocycles. The minimum Gasteiger partial charge on any atom is -0.375 e. The predicted molar refractivity (Wildman–Crippen MR) is 93.3 cm³/mol. The van der Waals surface area contributed by atoms with E-state index in [-0.39, 0.29) is 0 Å². The van der Waals surface area contributed by atoms with Gasteiger partial charge in [0.2, 0.25) is 0 Å². The Bertz CT molecular complexity index is 703. The molecule has 0 bridgehead atoms. The fourth-order valence-electron chi connectivity index (χ4n) is 3.59. The highest BCUT2D eigenvalue weighted by Crippen LogP contribution is 2.36. The lowest BCUT2D eigenvalue weighted by atomic mass is 9.93. The second-order valence-corrected chi connectivity index (χ2v) is 6.26. The summed E-state index contributed by atoms with van der Waals surface area (Å²) in [5.74, 6) is 1.32. The van der Waals surface area contributed by atoms with Crippen LogP contribution in [-0.4, -0.2) is 18.6 Å². The van der Waals surface area contributed by atoms with E-state index in [1.807, 2.05) is 0 Å². The zero-order valence-electron chi connectivity index (χ0n) is 14.5. The summed E-state index contributed by atoms with van der Waals surface area (Å²) in [7, 11) is 4.48. The average Bonchev–Trinajstić information content (AvgIpc) is 2.76. The number of hydrogen-bond acceptors (Lipinski definition) is 1. The molecule has 0 saturated carbocycles. The minimum atomic E-state index is 0.988. The van der Waals surface area contributed by atoms with Gasteiger partial charge in [-0.2, -0.15) is 0 Å². The Morgan fingerprint density at radius 2 is 1.95 bits per heavy atom. The maximum Gasteiger partial charge on any atom is 0.547 e. The summed E-state index contributed by atoms with van der Waals surface area (Å²) < 4.78 is 4.78. The van der Waals surface area contributed by atoms with Gasteiger partial charge in [-0.3, -0.25) is 4.48 Å². The summed E-state index contributed by atoms with van der Waals surface area (Å²) in [4.78, 5) is 2.35. The Labute approximate surface area is 134 Å². The molecule has 0 N–H and O–H groups in total. The van der Waals surface area contributed by atoms with E-state index in [4.69, 9.17) is 0 Å². The van der Waals surface area contributed by atoms with Crippen molar-refractivity contribution in [3.05, 3.63) is 35.2 Å². The van der Waals surface area contributed by atoms with Gasteiger partial charge in [-0.1, -0.05) is 25.5 Å². The Balaban J connectivity index is 2.23. The van der Waals surface area contributed by atoms with Crippen molar-refractivity contribution in [3.63, 3.8) is 0 Å². The molecule has 2 heterocycles. The second-order valence-electron chi connectivity index (χ2n) is 6.26. The number of rotatable bonds is 4. The number of hydrogen-bond donors (Lipinski definition) is 0.